The highest BCUT2D eigenvalue weighted by molar-refractivity contribution is 7.19. The number of thiophene rings is 1. The van der Waals surface area contributed by atoms with Gasteiger partial charge in [-0.05, 0) is 53.4 Å². The zero-order valence-corrected chi connectivity index (χ0v) is 14.2. The normalized spacial score (nSPS) is 11.5. The molecular formula is C21H16O3S. The van der Waals surface area contributed by atoms with Gasteiger partial charge >= 0.3 is 0 Å². The summed E-state index contributed by atoms with van der Waals surface area (Å²) < 4.78 is 1.17. The lowest BCUT2D eigenvalue weighted by atomic mass is 10.1. The number of hydrogen-bond donors (Lipinski definition) is 1. The molecule has 124 valence electrons. The van der Waals surface area contributed by atoms with E-state index in [-0.39, 0.29) is 23.7 Å². The third-order valence-corrected chi connectivity index (χ3v) is 4.66. The number of carbonyl (C=O) groups is 2. The molecule has 1 aromatic heterocycles. The number of fused-ring (bicyclic) bond motifs is 1. The second kappa shape index (κ2) is 7.73. The molecule has 4 heteroatoms. The minimum Gasteiger partial charge on any atom is -0.508 e. The Labute approximate surface area is 149 Å². The molecule has 0 spiro atoms. The van der Waals surface area contributed by atoms with Gasteiger partial charge in [0.05, 0.1) is 6.42 Å². The van der Waals surface area contributed by atoms with E-state index in [2.05, 4.69) is 0 Å². The topological polar surface area (TPSA) is 54.4 Å². The van der Waals surface area contributed by atoms with Gasteiger partial charge in [0.15, 0.2) is 11.6 Å². The van der Waals surface area contributed by atoms with Gasteiger partial charge in [-0.2, -0.15) is 0 Å². The van der Waals surface area contributed by atoms with E-state index >= 15 is 0 Å². The Morgan fingerprint density at radius 3 is 2.32 bits per heavy atom. The third-order valence-electron chi connectivity index (χ3n) is 3.58. The molecule has 0 radical (unpaired) electrons. The number of carbonyl (C=O) groups excluding carboxylic acids is 2. The highest BCUT2D eigenvalue weighted by Crippen LogP contribution is 2.26. The van der Waals surface area contributed by atoms with Crippen molar-refractivity contribution in [3.8, 4) is 5.75 Å². The molecule has 0 aliphatic rings. The highest BCUT2D eigenvalue weighted by Gasteiger charge is 2.04. The fraction of sp³-hybridized carbons (Fsp3) is 0.0476. The van der Waals surface area contributed by atoms with E-state index in [1.807, 2.05) is 30.3 Å². The molecule has 1 heterocycles. The Morgan fingerprint density at radius 1 is 0.920 bits per heavy atom. The van der Waals surface area contributed by atoms with Crippen molar-refractivity contribution in [1.82, 2.24) is 0 Å². The summed E-state index contributed by atoms with van der Waals surface area (Å²) in [6.07, 6.45) is 6.07. The quantitative estimate of drug-likeness (QED) is 0.511. The van der Waals surface area contributed by atoms with E-state index in [1.54, 1.807) is 47.8 Å². The molecule has 3 aromatic rings. The van der Waals surface area contributed by atoms with Crippen LogP contribution < -0.4 is 0 Å². The second-order valence-electron chi connectivity index (χ2n) is 5.55. The van der Waals surface area contributed by atoms with Crippen molar-refractivity contribution in [3.05, 3.63) is 77.2 Å². The zero-order valence-electron chi connectivity index (χ0n) is 13.4. The molecule has 1 N–H and O–H groups in total. The maximum Gasteiger partial charge on any atom is 0.163 e. The van der Waals surface area contributed by atoms with Crippen LogP contribution in [0, 0.1) is 0 Å². The molecule has 3 nitrogen and oxygen atoms in total. The number of benzene rings is 2. The van der Waals surface area contributed by atoms with Crippen molar-refractivity contribution < 1.29 is 14.7 Å². The minimum absolute atomic E-state index is 0.157. The summed E-state index contributed by atoms with van der Waals surface area (Å²) in [5.41, 5.74) is 0.791. The molecule has 0 unspecified atom stereocenters. The zero-order chi connectivity index (χ0) is 17.6. The Bertz CT molecular complexity index is 929. The van der Waals surface area contributed by atoms with Crippen molar-refractivity contribution >= 4 is 45.1 Å². The van der Waals surface area contributed by atoms with Crippen LogP contribution in [0.5, 0.6) is 5.75 Å². The lowest BCUT2D eigenvalue weighted by molar-refractivity contribution is -0.121. The first-order valence-corrected chi connectivity index (χ1v) is 8.61. The monoisotopic (exact) mass is 348 g/mol. The van der Waals surface area contributed by atoms with Crippen molar-refractivity contribution in [2.45, 2.75) is 6.42 Å². The van der Waals surface area contributed by atoms with Gasteiger partial charge in [0.25, 0.3) is 0 Å². The fourth-order valence-electron chi connectivity index (χ4n) is 2.32. The van der Waals surface area contributed by atoms with Crippen LogP contribution in [-0.4, -0.2) is 16.7 Å². The van der Waals surface area contributed by atoms with E-state index in [0.29, 0.717) is 0 Å². The third kappa shape index (κ3) is 4.75. The van der Waals surface area contributed by atoms with Crippen molar-refractivity contribution in [3.63, 3.8) is 0 Å². The van der Waals surface area contributed by atoms with Gasteiger partial charge < -0.3 is 5.11 Å². The molecule has 0 aliphatic heterocycles. The molecule has 3 rings (SSSR count). The van der Waals surface area contributed by atoms with Gasteiger partial charge in [-0.15, -0.1) is 11.3 Å². The van der Waals surface area contributed by atoms with Crippen LogP contribution in [0.25, 0.3) is 22.2 Å². The number of hydrogen-bond acceptors (Lipinski definition) is 4. The molecule has 0 fully saturated rings. The van der Waals surface area contributed by atoms with Gasteiger partial charge in [0, 0.05) is 9.58 Å². The average molecular weight is 348 g/mol. The smallest absolute Gasteiger partial charge is 0.163 e. The van der Waals surface area contributed by atoms with E-state index in [4.69, 9.17) is 0 Å². The predicted molar refractivity (Wildman–Crippen MR) is 103 cm³/mol. The van der Waals surface area contributed by atoms with Crippen LogP contribution >= 0.6 is 11.3 Å². The number of rotatable bonds is 6. The van der Waals surface area contributed by atoms with Crippen molar-refractivity contribution in [1.29, 1.82) is 0 Å². The first kappa shape index (κ1) is 16.9. The maximum atomic E-state index is 11.9. The number of phenolic OH excluding ortho intramolecular Hbond substituents is 1. The van der Waals surface area contributed by atoms with Gasteiger partial charge in [0.2, 0.25) is 0 Å². The summed E-state index contributed by atoms with van der Waals surface area (Å²) >= 11 is 1.61. The Morgan fingerprint density at radius 2 is 1.60 bits per heavy atom. The van der Waals surface area contributed by atoms with Crippen LogP contribution in [0.3, 0.4) is 0 Å². The van der Waals surface area contributed by atoms with Crippen molar-refractivity contribution in [2.75, 3.05) is 0 Å². The molecule has 0 saturated heterocycles. The Hall–Kier alpha value is -2.98. The van der Waals surface area contributed by atoms with Gasteiger partial charge in [-0.1, -0.05) is 36.4 Å². The van der Waals surface area contributed by atoms with E-state index in [0.717, 1.165) is 15.8 Å². The SMILES string of the molecule is O=C(C=Cc1ccc(O)cc1)CC(=O)C=Cc1cc2ccccc2s1. The standard InChI is InChI=1S/C21H16O3S/c22-17-8-5-15(6-9-17)7-10-18(23)14-19(24)11-12-20-13-16-3-1-2-4-21(16)25-20/h1-13,22H,14H2. The van der Waals surface area contributed by atoms with Crippen LogP contribution in [0.2, 0.25) is 0 Å². The molecule has 0 amide bonds. The van der Waals surface area contributed by atoms with E-state index < -0.39 is 0 Å². The summed E-state index contributed by atoms with van der Waals surface area (Å²) in [7, 11) is 0. The summed E-state index contributed by atoms with van der Waals surface area (Å²) in [4.78, 5) is 24.8. The second-order valence-corrected chi connectivity index (χ2v) is 6.67. The van der Waals surface area contributed by atoms with Crippen LogP contribution in [0.4, 0.5) is 0 Å². The lowest BCUT2D eigenvalue weighted by Gasteiger charge is -1.94. The molecule has 2 aromatic carbocycles. The van der Waals surface area contributed by atoms with Crippen LogP contribution in [-0.2, 0) is 9.59 Å². The Balaban J connectivity index is 1.57. The summed E-state index contributed by atoms with van der Waals surface area (Å²) in [5.74, 6) is -0.304. The first-order valence-electron chi connectivity index (χ1n) is 7.79. The first-order chi connectivity index (χ1) is 12.1. The molecular weight excluding hydrogens is 332 g/mol. The highest BCUT2D eigenvalue weighted by atomic mass is 32.1. The summed E-state index contributed by atoms with van der Waals surface area (Å²) in [5, 5.41) is 10.4. The van der Waals surface area contributed by atoms with Gasteiger partial charge in [0.1, 0.15) is 5.75 Å². The molecule has 25 heavy (non-hydrogen) atoms. The van der Waals surface area contributed by atoms with E-state index in [9.17, 15) is 14.7 Å². The largest absolute Gasteiger partial charge is 0.508 e. The molecule has 0 atom stereocenters. The molecule has 0 bridgehead atoms. The molecule has 0 saturated carbocycles. The number of phenols is 1. The summed E-state index contributed by atoms with van der Waals surface area (Å²) in [6, 6.07) is 16.5. The lowest BCUT2D eigenvalue weighted by Crippen LogP contribution is -2.01. The Kier molecular flexibility index (Phi) is 5.21. The number of aromatic hydroxyl groups is 1. The van der Waals surface area contributed by atoms with Crippen LogP contribution in [0.15, 0.2) is 66.7 Å². The fourth-order valence-corrected chi connectivity index (χ4v) is 3.29. The van der Waals surface area contributed by atoms with Gasteiger partial charge in [-0.3, -0.25) is 9.59 Å². The number of allylic oxidation sites excluding steroid dienone is 2. The molecule has 0 aliphatic carbocycles. The minimum atomic E-state index is -0.251. The summed E-state index contributed by atoms with van der Waals surface area (Å²) in [6.45, 7) is 0. The van der Waals surface area contributed by atoms with Crippen LogP contribution in [0.1, 0.15) is 16.9 Å². The van der Waals surface area contributed by atoms with E-state index in [1.165, 1.54) is 16.9 Å². The van der Waals surface area contributed by atoms with Gasteiger partial charge in [-0.25, -0.2) is 0 Å². The maximum absolute atomic E-state index is 11.9. The average Bonchev–Trinajstić information content (AvgIpc) is 3.02. The number of ketones is 2. The predicted octanol–water partition coefficient (Wildman–Crippen LogP) is 4.86. The van der Waals surface area contributed by atoms with Crippen molar-refractivity contribution in [2.24, 2.45) is 0 Å².